The van der Waals surface area contributed by atoms with E-state index in [1.807, 2.05) is 30.3 Å². The van der Waals surface area contributed by atoms with Crippen LogP contribution in [0.3, 0.4) is 0 Å². The molecule has 0 heterocycles. The highest BCUT2D eigenvalue weighted by atomic mass is 16.6. The van der Waals surface area contributed by atoms with Gasteiger partial charge in [-0.15, -0.1) is 0 Å². The molecule has 4 heteroatoms. The van der Waals surface area contributed by atoms with Crippen LogP contribution in [-0.2, 0) is 0 Å². The van der Waals surface area contributed by atoms with Gasteiger partial charge >= 0.3 is 0 Å². The maximum atomic E-state index is 11.8. The van der Waals surface area contributed by atoms with Gasteiger partial charge in [0.2, 0.25) is 0 Å². The number of benzene rings is 2. The Morgan fingerprint density at radius 2 is 1.63 bits per heavy atom. The van der Waals surface area contributed by atoms with Gasteiger partial charge in [-0.1, -0.05) is 36.4 Å². The van der Waals surface area contributed by atoms with E-state index in [1.54, 1.807) is 6.08 Å². The average molecular weight is 253 g/mol. The minimum atomic E-state index is -0.492. The molecule has 2 aromatic rings. The Bertz CT molecular complexity index is 616. The first-order chi connectivity index (χ1) is 9.16. The van der Waals surface area contributed by atoms with Crippen LogP contribution >= 0.6 is 0 Å². The molecule has 0 saturated heterocycles. The van der Waals surface area contributed by atoms with Crippen molar-refractivity contribution in [3.8, 4) is 0 Å². The molecule has 0 bridgehead atoms. The fourth-order valence-corrected chi connectivity index (χ4v) is 1.58. The minimum Gasteiger partial charge on any atom is -0.289 e. The molecule has 2 aromatic carbocycles. The molecule has 0 spiro atoms. The van der Waals surface area contributed by atoms with Crippen LogP contribution in [0.25, 0.3) is 6.08 Å². The van der Waals surface area contributed by atoms with Crippen molar-refractivity contribution >= 4 is 17.5 Å². The van der Waals surface area contributed by atoms with Crippen LogP contribution in [0.1, 0.15) is 15.9 Å². The zero-order valence-electron chi connectivity index (χ0n) is 10.0. The molecule has 0 N–H and O–H groups in total. The van der Waals surface area contributed by atoms with Gasteiger partial charge in [0.1, 0.15) is 0 Å². The van der Waals surface area contributed by atoms with Gasteiger partial charge in [-0.2, -0.15) is 0 Å². The third kappa shape index (κ3) is 3.35. The summed E-state index contributed by atoms with van der Waals surface area (Å²) >= 11 is 0. The first-order valence-electron chi connectivity index (χ1n) is 5.69. The Kier molecular flexibility index (Phi) is 3.83. The highest BCUT2D eigenvalue weighted by Gasteiger charge is 2.06. The summed E-state index contributed by atoms with van der Waals surface area (Å²) < 4.78 is 0. The molecule has 0 unspecified atom stereocenters. The monoisotopic (exact) mass is 253 g/mol. The quantitative estimate of drug-likeness (QED) is 0.362. The number of ketones is 1. The van der Waals surface area contributed by atoms with Crippen molar-refractivity contribution in [1.29, 1.82) is 0 Å². The lowest BCUT2D eigenvalue weighted by molar-refractivity contribution is -0.384. The molecule has 0 atom stereocenters. The Balaban J connectivity index is 2.12. The van der Waals surface area contributed by atoms with E-state index >= 15 is 0 Å². The molecular weight excluding hydrogens is 242 g/mol. The molecule has 94 valence electrons. The maximum Gasteiger partial charge on any atom is 0.269 e. The van der Waals surface area contributed by atoms with Crippen LogP contribution in [0.15, 0.2) is 60.7 Å². The van der Waals surface area contributed by atoms with Gasteiger partial charge in [-0.25, -0.2) is 0 Å². The third-order valence-corrected chi connectivity index (χ3v) is 2.59. The third-order valence-electron chi connectivity index (χ3n) is 2.59. The van der Waals surface area contributed by atoms with Crippen LogP contribution < -0.4 is 0 Å². The van der Waals surface area contributed by atoms with E-state index in [2.05, 4.69) is 0 Å². The normalized spacial score (nSPS) is 10.5. The minimum absolute atomic E-state index is 0.0245. The Morgan fingerprint density at radius 1 is 1.00 bits per heavy atom. The lowest BCUT2D eigenvalue weighted by Gasteiger charge is -1.96. The lowest BCUT2D eigenvalue weighted by Crippen LogP contribution is -1.95. The lowest BCUT2D eigenvalue weighted by atomic mass is 10.1. The molecule has 0 radical (unpaired) electrons. The number of allylic oxidation sites excluding steroid dienone is 1. The summed E-state index contributed by atoms with van der Waals surface area (Å²) in [5, 5.41) is 10.5. The Labute approximate surface area is 110 Å². The van der Waals surface area contributed by atoms with Crippen molar-refractivity contribution in [2.75, 3.05) is 0 Å². The van der Waals surface area contributed by atoms with Crippen molar-refractivity contribution in [3.63, 3.8) is 0 Å². The second kappa shape index (κ2) is 5.73. The van der Waals surface area contributed by atoms with E-state index in [0.717, 1.165) is 5.56 Å². The van der Waals surface area contributed by atoms with Crippen LogP contribution in [0, 0.1) is 10.1 Å². The van der Waals surface area contributed by atoms with Crippen LogP contribution in [0.2, 0.25) is 0 Å². The first-order valence-corrected chi connectivity index (χ1v) is 5.69. The van der Waals surface area contributed by atoms with E-state index in [4.69, 9.17) is 0 Å². The summed E-state index contributed by atoms with van der Waals surface area (Å²) in [5.74, 6) is -0.182. The molecule has 0 aliphatic heterocycles. The number of hydrogen-bond acceptors (Lipinski definition) is 3. The Morgan fingerprint density at radius 3 is 2.21 bits per heavy atom. The van der Waals surface area contributed by atoms with Gasteiger partial charge in [-0.05, 0) is 23.8 Å². The highest BCUT2D eigenvalue weighted by molar-refractivity contribution is 6.06. The summed E-state index contributed by atoms with van der Waals surface area (Å²) in [6.45, 7) is 0. The molecule has 0 aliphatic carbocycles. The molecule has 0 amide bonds. The first kappa shape index (κ1) is 12.7. The number of non-ortho nitro benzene ring substituents is 1. The van der Waals surface area contributed by atoms with Crippen molar-refractivity contribution in [3.05, 3.63) is 81.9 Å². The molecule has 19 heavy (non-hydrogen) atoms. The summed E-state index contributed by atoms with van der Waals surface area (Å²) in [6, 6.07) is 15.0. The molecule has 0 aliphatic rings. The van der Waals surface area contributed by atoms with E-state index in [9.17, 15) is 14.9 Å². The molecule has 0 aromatic heterocycles. The number of hydrogen-bond donors (Lipinski definition) is 0. The number of nitro groups is 1. The number of carbonyl (C=O) groups excluding carboxylic acids is 1. The van der Waals surface area contributed by atoms with Gasteiger partial charge in [-0.3, -0.25) is 14.9 Å². The SMILES string of the molecule is O=C(C=Cc1ccccc1)c1ccc([N+](=O)[O-])cc1. The van der Waals surface area contributed by atoms with Crippen LogP contribution in [0.5, 0.6) is 0 Å². The molecular formula is C15H11NO3. The second-order valence-electron chi connectivity index (χ2n) is 3.91. The zero-order chi connectivity index (χ0) is 13.7. The predicted molar refractivity (Wildman–Crippen MR) is 72.9 cm³/mol. The van der Waals surface area contributed by atoms with Crippen LogP contribution in [0.4, 0.5) is 5.69 Å². The fourth-order valence-electron chi connectivity index (χ4n) is 1.58. The van der Waals surface area contributed by atoms with Gasteiger partial charge < -0.3 is 0 Å². The van der Waals surface area contributed by atoms with Crippen molar-refractivity contribution < 1.29 is 9.72 Å². The number of carbonyl (C=O) groups is 1. The van der Waals surface area contributed by atoms with E-state index in [1.165, 1.54) is 30.3 Å². The summed E-state index contributed by atoms with van der Waals surface area (Å²) in [6.07, 6.45) is 3.17. The molecule has 0 saturated carbocycles. The number of nitro benzene ring substituents is 1. The molecule has 0 fully saturated rings. The van der Waals surface area contributed by atoms with Crippen molar-refractivity contribution in [2.24, 2.45) is 0 Å². The number of rotatable bonds is 4. The van der Waals surface area contributed by atoms with E-state index in [-0.39, 0.29) is 11.5 Å². The van der Waals surface area contributed by atoms with E-state index < -0.39 is 4.92 Å². The van der Waals surface area contributed by atoms with E-state index in [0.29, 0.717) is 5.56 Å². The summed E-state index contributed by atoms with van der Waals surface area (Å²) in [4.78, 5) is 21.8. The molecule has 2 rings (SSSR count). The highest BCUT2D eigenvalue weighted by Crippen LogP contribution is 2.13. The zero-order valence-corrected chi connectivity index (χ0v) is 10.0. The standard InChI is InChI=1S/C15H11NO3/c17-15(11-6-12-4-2-1-3-5-12)13-7-9-14(10-8-13)16(18)19/h1-11H. The predicted octanol–water partition coefficient (Wildman–Crippen LogP) is 3.49. The van der Waals surface area contributed by atoms with Crippen molar-refractivity contribution in [2.45, 2.75) is 0 Å². The van der Waals surface area contributed by atoms with Crippen LogP contribution in [-0.4, -0.2) is 10.7 Å². The van der Waals surface area contributed by atoms with Gasteiger partial charge in [0.25, 0.3) is 5.69 Å². The topological polar surface area (TPSA) is 60.2 Å². The maximum absolute atomic E-state index is 11.8. The van der Waals surface area contributed by atoms with Crippen molar-refractivity contribution in [1.82, 2.24) is 0 Å². The fraction of sp³-hybridized carbons (Fsp3) is 0. The van der Waals surface area contributed by atoms with Gasteiger partial charge in [0.05, 0.1) is 4.92 Å². The smallest absolute Gasteiger partial charge is 0.269 e. The Hall–Kier alpha value is -2.75. The molecule has 4 nitrogen and oxygen atoms in total. The summed E-state index contributed by atoms with van der Waals surface area (Å²) in [5.41, 5.74) is 1.33. The van der Waals surface area contributed by atoms with Gasteiger partial charge in [0.15, 0.2) is 5.78 Å². The second-order valence-corrected chi connectivity index (χ2v) is 3.91. The summed E-state index contributed by atoms with van der Waals surface area (Å²) in [7, 11) is 0. The largest absolute Gasteiger partial charge is 0.289 e. The number of nitrogens with zero attached hydrogens (tertiary/aromatic N) is 1. The van der Waals surface area contributed by atoms with Gasteiger partial charge in [0, 0.05) is 17.7 Å². The average Bonchev–Trinajstić information content (AvgIpc) is 2.46.